The molecule has 4 rings (SSSR count). The highest BCUT2D eigenvalue weighted by Gasteiger charge is 2.31. The van der Waals surface area contributed by atoms with E-state index in [2.05, 4.69) is 10.2 Å². The molecule has 2 aromatic rings. The SMILES string of the molecule is COc1cccc2cc(CNC(=O)N3CC[C@@H](N4CCCC4)C3)oc12. The van der Waals surface area contributed by atoms with Gasteiger partial charge in [-0.3, -0.25) is 4.90 Å². The van der Waals surface area contributed by atoms with E-state index >= 15 is 0 Å². The average Bonchev–Trinajstić information content (AvgIpc) is 3.38. The lowest BCUT2D eigenvalue weighted by atomic mass is 10.2. The molecule has 2 aliphatic rings. The Balaban J connectivity index is 1.34. The largest absolute Gasteiger partial charge is 0.493 e. The molecular formula is C19H25N3O3. The number of ether oxygens (including phenoxy) is 1. The van der Waals surface area contributed by atoms with Crippen LogP contribution in [-0.2, 0) is 6.54 Å². The second-order valence-corrected chi connectivity index (χ2v) is 6.88. The van der Waals surface area contributed by atoms with Crippen molar-refractivity contribution < 1.29 is 13.9 Å². The summed E-state index contributed by atoms with van der Waals surface area (Å²) in [7, 11) is 1.63. The summed E-state index contributed by atoms with van der Waals surface area (Å²) in [4.78, 5) is 16.9. The van der Waals surface area contributed by atoms with Gasteiger partial charge in [-0.2, -0.15) is 0 Å². The van der Waals surface area contributed by atoms with Gasteiger partial charge in [0.2, 0.25) is 0 Å². The van der Waals surface area contributed by atoms with Crippen molar-refractivity contribution in [3.8, 4) is 5.75 Å². The lowest BCUT2D eigenvalue weighted by Crippen LogP contribution is -2.41. The van der Waals surface area contributed by atoms with Crippen LogP contribution in [0.25, 0.3) is 11.0 Å². The zero-order valence-electron chi connectivity index (χ0n) is 14.7. The third-order valence-corrected chi connectivity index (χ3v) is 5.30. The maximum absolute atomic E-state index is 12.4. The first-order valence-corrected chi connectivity index (χ1v) is 9.07. The van der Waals surface area contributed by atoms with Crippen LogP contribution in [0.1, 0.15) is 25.0 Å². The van der Waals surface area contributed by atoms with Gasteiger partial charge in [-0.05, 0) is 44.5 Å². The Morgan fingerprint density at radius 3 is 2.96 bits per heavy atom. The molecule has 2 fully saturated rings. The van der Waals surface area contributed by atoms with E-state index in [1.807, 2.05) is 29.2 Å². The smallest absolute Gasteiger partial charge is 0.317 e. The third kappa shape index (κ3) is 3.31. The van der Waals surface area contributed by atoms with Crippen molar-refractivity contribution in [2.24, 2.45) is 0 Å². The molecule has 1 atom stereocenters. The van der Waals surface area contributed by atoms with Crippen molar-refractivity contribution in [2.45, 2.75) is 31.8 Å². The Bertz CT molecular complexity index is 751. The lowest BCUT2D eigenvalue weighted by Gasteiger charge is -2.23. The van der Waals surface area contributed by atoms with Crippen LogP contribution in [0.15, 0.2) is 28.7 Å². The van der Waals surface area contributed by atoms with E-state index in [4.69, 9.17) is 9.15 Å². The van der Waals surface area contributed by atoms with Gasteiger partial charge in [-0.25, -0.2) is 4.79 Å². The standard InChI is InChI=1S/C19H25N3O3/c1-24-17-6-4-5-14-11-16(25-18(14)17)12-20-19(23)22-10-7-15(13-22)21-8-2-3-9-21/h4-6,11,15H,2-3,7-10,12-13H2,1H3,(H,20,23)/t15-/m1/s1. The van der Waals surface area contributed by atoms with Crippen LogP contribution in [0.2, 0.25) is 0 Å². The molecule has 6 heteroatoms. The minimum Gasteiger partial charge on any atom is -0.493 e. The van der Waals surface area contributed by atoms with E-state index in [1.54, 1.807) is 7.11 Å². The Labute approximate surface area is 147 Å². The first-order chi connectivity index (χ1) is 12.2. The minimum absolute atomic E-state index is 0.00545. The molecule has 1 N–H and O–H groups in total. The predicted molar refractivity (Wildman–Crippen MR) is 95.8 cm³/mol. The second-order valence-electron chi connectivity index (χ2n) is 6.88. The molecule has 0 bridgehead atoms. The summed E-state index contributed by atoms with van der Waals surface area (Å²) in [6, 6.07) is 8.26. The molecule has 0 spiro atoms. The number of amides is 2. The number of hydrogen-bond donors (Lipinski definition) is 1. The monoisotopic (exact) mass is 343 g/mol. The molecule has 25 heavy (non-hydrogen) atoms. The summed E-state index contributed by atoms with van der Waals surface area (Å²) in [5.74, 6) is 1.45. The number of hydrogen-bond acceptors (Lipinski definition) is 4. The van der Waals surface area contributed by atoms with E-state index in [0.29, 0.717) is 18.3 Å². The molecule has 0 unspecified atom stereocenters. The van der Waals surface area contributed by atoms with Gasteiger partial charge in [-0.1, -0.05) is 12.1 Å². The molecule has 2 aliphatic heterocycles. The Morgan fingerprint density at radius 2 is 2.16 bits per heavy atom. The molecule has 1 aromatic carbocycles. The maximum Gasteiger partial charge on any atom is 0.317 e. The number of fused-ring (bicyclic) bond motifs is 1. The summed E-state index contributed by atoms with van der Waals surface area (Å²) >= 11 is 0. The van der Waals surface area contributed by atoms with Gasteiger partial charge in [0.25, 0.3) is 0 Å². The van der Waals surface area contributed by atoms with Gasteiger partial charge < -0.3 is 19.4 Å². The van der Waals surface area contributed by atoms with Crippen LogP contribution in [0.4, 0.5) is 4.79 Å². The van der Waals surface area contributed by atoms with Crippen LogP contribution in [0.3, 0.4) is 0 Å². The predicted octanol–water partition coefficient (Wildman–Crippen LogP) is 2.82. The normalized spacial score (nSPS) is 21.2. The molecule has 134 valence electrons. The zero-order chi connectivity index (χ0) is 17.2. The fourth-order valence-corrected chi connectivity index (χ4v) is 3.94. The first kappa shape index (κ1) is 16.3. The van der Waals surface area contributed by atoms with E-state index < -0.39 is 0 Å². The maximum atomic E-state index is 12.4. The molecule has 2 amide bonds. The van der Waals surface area contributed by atoms with Crippen molar-refractivity contribution in [3.63, 3.8) is 0 Å². The van der Waals surface area contributed by atoms with Crippen LogP contribution in [0, 0.1) is 0 Å². The third-order valence-electron chi connectivity index (χ3n) is 5.30. The summed E-state index contributed by atoms with van der Waals surface area (Å²) < 4.78 is 11.2. The van der Waals surface area contributed by atoms with Crippen molar-refractivity contribution >= 4 is 17.0 Å². The van der Waals surface area contributed by atoms with Gasteiger partial charge in [0, 0.05) is 24.5 Å². The number of carbonyl (C=O) groups excluding carboxylic acids is 1. The number of carbonyl (C=O) groups is 1. The average molecular weight is 343 g/mol. The Morgan fingerprint density at radius 1 is 1.32 bits per heavy atom. The number of nitrogens with zero attached hydrogens (tertiary/aromatic N) is 2. The van der Waals surface area contributed by atoms with E-state index in [-0.39, 0.29) is 6.03 Å². The molecule has 2 saturated heterocycles. The van der Waals surface area contributed by atoms with E-state index in [9.17, 15) is 4.79 Å². The van der Waals surface area contributed by atoms with Crippen LogP contribution in [0.5, 0.6) is 5.75 Å². The van der Waals surface area contributed by atoms with Crippen molar-refractivity contribution in [1.82, 2.24) is 15.1 Å². The van der Waals surface area contributed by atoms with E-state index in [1.165, 1.54) is 25.9 Å². The van der Waals surface area contributed by atoms with E-state index in [0.717, 1.165) is 36.2 Å². The molecule has 0 radical (unpaired) electrons. The first-order valence-electron chi connectivity index (χ1n) is 9.07. The van der Waals surface area contributed by atoms with Gasteiger partial charge >= 0.3 is 6.03 Å². The second kappa shape index (κ2) is 6.96. The molecular weight excluding hydrogens is 318 g/mol. The van der Waals surface area contributed by atoms with Crippen molar-refractivity contribution in [2.75, 3.05) is 33.3 Å². The highest BCUT2D eigenvalue weighted by atomic mass is 16.5. The summed E-state index contributed by atoms with van der Waals surface area (Å²) in [5.41, 5.74) is 0.726. The van der Waals surface area contributed by atoms with Gasteiger partial charge in [-0.15, -0.1) is 0 Å². The highest BCUT2D eigenvalue weighted by Crippen LogP contribution is 2.28. The number of para-hydroxylation sites is 1. The van der Waals surface area contributed by atoms with Gasteiger partial charge in [0.05, 0.1) is 13.7 Å². The van der Waals surface area contributed by atoms with Crippen LogP contribution < -0.4 is 10.1 Å². The summed E-state index contributed by atoms with van der Waals surface area (Å²) in [5, 5.41) is 3.97. The van der Waals surface area contributed by atoms with Crippen molar-refractivity contribution in [1.29, 1.82) is 0 Å². The quantitative estimate of drug-likeness (QED) is 0.927. The topological polar surface area (TPSA) is 58.0 Å². The number of furan rings is 1. The number of nitrogens with one attached hydrogen (secondary N) is 1. The van der Waals surface area contributed by atoms with Gasteiger partial charge in [0.1, 0.15) is 5.76 Å². The molecule has 3 heterocycles. The fourth-order valence-electron chi connectivity index (χ4n) is 3.94. The zero-order valence-corrected chi connectivity index (χ0v) is 14.7. The molecule has 0 saturated carbocycles. The number of rotatable bonds is 4. The lowest BCUT2D eigenvalue weighted by molar-refractivity contribution is 0.197. The number of benzene rings is 1. The van der Waals surface area contributed by atoms with Crippen LogP contribution >= 0.6 is 0 Å². The molecule has 0 aliphatic carbocycles. The number of likely N-dealkylation sites (tertiary alicyclic amines) is 2. The Hall–Kier alpha value is -2.21. The summed E-state index contributed by atoms with van der Waals surface area (Å²) in [6.45, 7) is 4.42. The molecule has 6 nitrogen and oxygen atoms in total. The summed E-state index contributed by atoms with van der Waals surface area (Å²) in [6.07, 6.45) is 3.66. The fraction of sp³-hybridized carbons (Fsp3) is 0.526. The van der Waals surface area contributed by atoms with Crippen molar-refractivity contribution in [3.05, 3.63) is 30.0 Å². The minimum atomic E-state index is -0.00545. The number of urea groups is 1. The van der Waals surface area contributed by atoms with Crippen LogP contribution in [-0.4, -0.2) is 55.2 Å². The molecule has 1 aromatic heterocycles. The highest BCUT2D eigenvalue weighted by molar-refractivity contribution is 5.83. The number of methoxy groups -OCH3 is 1. The van der Waals surface area contributed by atoms with Gasteiger partial charge in [0.15, 0.2) is 11.3 Å². The Kier molecular flexibility index (Phi) is 4.53.